The van der Waals surface area contributed by atoms with Gasteiger partial charge in [0, 0.05) is 24.4 Å². The summed E-state index contributed by atoms with van der Waals surface area (Å²) in [6, 6.07) is 10.4. The number of aromatic nitrogens is 3. The van der Waals surface area contributed by atoms with Crippen molar-refractivity contribution in [3.05, 3.63) is 71.4 Å². The molecule has 0 bridgehead atoms. The second-order valence-corrected chi connectivity index (χ2v) is 12.5. The topological polar surface area (TPSA) is 230 Å². The number of aliphatic carboxylic acids is 2. The number of carboxylic acids is 2. The van der Waals surface area contributed by atoms with Crippen LogP contribution in [0.4, 0.5) is 17.4 Å². The summed E-state index contributed by atoms with van der Waals surface area (Å²) < 4.78 is 6.56. The number of nitrogens with two attached hydrogens (primary N) is 1. The molecule has 0 spiro atoms. The van der Waals surface area contributed by atoms with Gasteiger partial charge < -0.3 is 40.8 Å². The Hall–Kier alpha value is -5.65. The molecule has 3 aliphatic rings. The SMILES string of the molecule is CN1c2cc[n+](CC3=C(C(=O)O)N4C(=O)C(NC(=O)C(=NOC(C)(C)C(=O)O)c5noc(N)n5)[C@H]4SC3)cc2NC1c1ccccc1. The van der Waals surface area contributed by atoms with Gasteiger partial charge in [-0.25, -0.2) is 9.59 Å². The Labute approximate surface area is 271 Å². The van der Waals surface area contributed by atoms with Crippen LogP contribution in [0.5, 0.6) is 0 Å². The first-order valence-electron chi connectivity index (χ1n) is 14.2. The number of nitrogens with zero attached hydrogens (tertiary/aromatic N) is 6. The first-order chi connectivity index (χ1) is 22.4. The number of carboxylic acid groups (broad SMARTS) is 2. The summed E-state index contributed by atoms with van der Waals surface area (Å²) in [5.74, 6) is -4.42. The average molecular weight is 665 g/mol. The van der Waals surface area contributed by atoms with Gasteiger partial charge in [0.15, 0.2) is 18.9 Å². The number of hydrogen-bond acceptors (Lipinski definition) is 13. The molecule has 5 heterocycles. The molecule has 18 heteroatoms. The first kappa shape index (κ1) is 31.3. The van der Waals surface area contributed by atoms with Gasteiger partial charge in [0.2, 0.25) is 17.1 Å². The highest BCUT2D eigenvalue weighted by molar-refractivity contribution is 8.00. The molecule has 244 valence electrons. The molecule has 0 saturated carbocycles. The van der Waals surface area contributed by atoms with Crippen molar-refractivity contribution >= 4 is 58.6 Å². The molecule has 1 fully saturated rings. The fourth-order valence-electron chi connectivity index (χ4n) is 5.32. The van der Waals surface area contributed by atoms with Crippen LogP contribution in [0.1, 0.15) is 31.4 Å². The van der Waals surface area contributed by atoms with E-state index in [0.717, 1.165) is 21.8 Å². The van der Waals surface area contributed by atoms with Gasteiger partial charge in [-0.2, -0.15) is 9.55 Å². The fourth-order valence-corrected chi connectivity index (χ4v) is 6.66. The number of nitrogens with one attached hydrogen (secondary N) is 2. The lowest BCUT2D eigenvalue weighted by molar-refractivity contribution is -0.688. The van der Waals surface area contributed by atoms with Crippen LogP contribution in [0.2, 0.25) is 0 Å². The Kier molecular flexibility index (Phi) is 7.96. The standard InChI is InChI=1S/C29H29N9O8S/c1-29(2,27(43)44)46-34-18(21-33-28(30)45-35-21)23(39)32-19-24(40)38-20(26(41)42)15(13-47-25(19)38)11-37-10-9-17-16(12-37)31-22(36(17)3)14-7-5-4-6-8-14/h4-10,12,19,22,25,31H,11,13H2,1-3H3,(H4-,30,32,33,35,39,41,42,43,44)/p+1/t19?,22?,25-/m1/s1. The number of hydrogen-bond donors (Lipinski definition) is 5. The molecule has 0 aliphatic carbocycles. The largest absolute Gasteiger partial charge is 0.478 e. The molecule has 47 heavy (non-hydrogen) atoms. The lowest BCUT2D eigenvalue weighted by Crippen LogP contribution is -2.71. The van der Waals surface area contributed by atoms with Crippen LogP contribution in [0.15, 0.2) is 69.7 Å². The normalized spacial score (nSPS) is 20.6. The van der Waals surface area contributed by atoms with Crippen LogP contribution >= 0.6 is 11.8 Å². The van der Waals surface area contributed by atoms with E-state index in [4.69, 9.17) is 15.1 Å². The molecule has 2 amide bonds. The molecule has 3 aliphatic heterocycles. The number of benzene rings is 1. The summed E-state index contributed by atoms with van der Waals surface area (Å²) in [6.45, 7) is 2.63. The first-order valence-corrected chi connectivity index (χ1v) is 15.3. The highest BCUT2D eigenvalue weighted by atomic mass is 32.2. The van der Waals surface area contributed by atoms with Crippen molar-refractivity contribution in [2.24, 2.45) is 5.16 Å². The van der Waals surface area contributed by atoms with Gasteiger partial charge in [-0.15, -0.1) is 11.8 Å². The van der Waals surface area contributed by atoms with Crippen LogP contribution in [-0.4, -0.2) is 84.5 Å². The smallest absolute Gasteiger partial charge is 0.352 e. The molecule has 6 rings (SSSR count). The maximum Gasteiger partial charge on any atom is 0.352 e. The number of oxime groups is 1. The lowest BCUT2D eigenvalue weighted by Gasteiger charge is -2.49. The summed E-state index contributed by atoms with van der Waals surface area (Å²) >= 11 is 1.29. The van der Waals surface area contributed by atoms with Crippen molar-refractivity contribution in [1.29, 1.82) is 0 Å². The van der Waals surface area contributed by atoms with E-state index in [-0.39, 0.29) is 24.2 Å². The number of amides is 2. The number of carbonyl (C=O) groups excluding carboxylic acids is 2. The third-order valence-corrected chi connectivity index (χ3v) is 9.17. The zero-order chi connectivity index (χ0) is 33.6. The van der Waals surface area contributed by atoms with Crippen molar-refractivity contribution in [2.45, 2.75) is 43.6 Å². The molecule has 2 aromatic heterocycles. The van der Waals surface area contributed by atoms with Gasteiger partial charge in [-0.3, -0.25) is 14.5 Å². The van der Waals surface area contributed by atoms with Crippen LogP contribution in [-0.2, 0) is 30.6 Å². The van der Waals surface area contributed by atoms with Crippen LogP contribution in [0.3, 0.4) is 0 Å². The van der Waals surface area contributed by atoms with Gasteiger partial charge in [-0.1, -0.05) is 40.6 Å². The van der Waals surface area contributed by atoms with E-state index in [9.17, 15) is 29.4 Å². The minimum atomic E-state index is -1.83. The minimum absolute atomic E-state index is 0.0640. The zero-order valence-corrected chi connectivity index (χ0v) is 26.1. The predicted molar refractivity (Wildman–Crippen MR) is 166 cm³/mol. The second kappa shape index (κ2) is 11.9. The number of anilines is 3. The van der Waals surface area contributed by atoms with E-state index in [0.29, 0.717) is 5.57 Å². The molecule has 1 saturated heterocycles. The third kappa shape index (κ3) is 5.78. The number of β-lactam (4-membered cyclic amide) rings is 1. The highest BCUT2D eigenvalue weighted by Gasteiger charge is 2.55. The monoisotopic (exact) mass is 664 g/mol. The summed E-state index contributed by atoms with van der Waals surface area (Å²) in [5, 5.41) is 32.0. The Morgan fingerprint density at radius 2 is 2.00 bits per heavy atom. The highest BCUT2D eigenvalue weighted by Crippen LogP contribution is 2.41. The number of thioether (sulfide) groups is 1. The van der Waals surface area contributed by atoms with Crippen molar-refractivity contribution in [1.82, 2.24) is 20.4 Å². The van der Waals surface area contributed by atoms with Gasteiger partial charge >= 0.3 is 18.0 Å². The molecule has 6 N–H and O–H groups in total. The van der Waals surface area contributed by atoms with Gasteiger partial charge in [0.25, 0.3) is 11.8 Å². The number of pyridine rings is 1. The van der Waals surface area contributed by atoms with Gasteiger partial charge in [-0.05, 0) is 19.4 Å². The fraction of sp³-hybridized carbons (Fsp3) is 0.310. The van der Waals surface area contributed by atoms with E-state index in [1.807, 2.05) is 60.4 Å². The summed E-state index contributed by atoms with van der Waals surface area (Å²) in [6.07, 6.45) is 3.69. The van der Waals surface area contributed by atoms with Crippen molar-refractivity contribution in [3.63, 3.8) is 0 Å². The Bertz CT molecular complexity index is 1840. The van der Waals surface area contributed by atoms with E-state index >= 15 is 0 Å². The van der Waals surface area contributed by atoms with Crippen molar-refractivity contribution in [2.75, 3.05) is 28.8 Å². The average Bonchev–Trinajstić information content (AvgIpc) is 3.62. The van der Waals surface area contributed by atoms with E-state index in [1.165, 1.54) is 25.6 Å². The molecule has 17 nitrogen and oxygen atoms in total. The third-order valence-electron chi connectivity index (χ3n) is 7.83. The lowest BCUT2D eigenvalue weighted by atomic mass is 10.0. The zero-order valence-electron chi connectivity index (χ0n) is 25.3. The molecule has 2 unspecified atom stereocenters. The van der Waals surface area contributed by atoms with Gasteiger partial charge in [0.1, 0.15) is 29.0 Å². The molecular formula is C29H30N9O8S+. The Morgan fingerprint density at radius 1 is 1.26 bits per heavy atom. The van der Waals surface area contributed by atoms with Crippen LogP contribution in [0, 0.1) is 0 Å². The summed E-state index contributed by atoms with van der Waals surface area (Å²) in [7, 11) is 1.99. The number of fused-ring (bicyclic) bond motifs is 2. The maximum absolute atomic E-state index is 13.3. The molecule has 3 atom stereocenters. The summed E-state index contributed by atoms with van der Waals surface area (Å²) in [4.78, 5) is 62.6. The second-order valence-electron chi connectivity index (χ2n) is 11.4. The molecule has 1 aromatic carbocycles. The number of rotatable bonds is 10. The molecule has 0 radical (unpaired) electrons. The minimum Gasteiger partial charge on any atom is -0.478 e. The molecule has 3 aromatic rings. The van der Waals surface area contributed by atoms with Crippen LogP contribution < -0.4 is 25.8 Å². The van der Waals surface area contributed by atoms with Gasteiger partial charge in [0.05, 0.1) is 5.69 Å². The van der Waals surface area contributed by atoms with Crippen LogP contribution in [0.25, 0.3) is 0 Å². The summed E-state index contributed by atoms with van der Waals surface area (Å²) in [5.41, 5.74) is 6.37. The van der Waals surface area contributed by atoms with E-state index in [2.05, 4.69) is 30.8 Å². The van der Waals surface area contributed by atoms with E-state index in [1.54, 1.807) is 0 Å². The van der Waals surface area contributed by atoms with E-state index < -0.39 is 58.3 Å². The Morgan fingerprint density at radius 3 is 2.66 bits per heavy atom. The number of carbonyl (C=O) groups is 4. The van der Waals surface area contributed by atoms with Crippen molar-refractivity contribution in [3.8, 4) is 0 Å². The predicted octanol–water partition coefficient (Wildman–Crippen LogP) is 0.523. The maximum atomic E-state index is 13.3. The Balaban J connectivity index is 1.19. The quantitative estimate of drug-likeness (QED) is 0.0862. The number of nitrogen functional groups attached to an aromatic ring is 1. The molecular weight excluding hydrogens is 634 g/mol. The van der Waals surface area contributed by atoms with Crippen molar-refractivity contribution < 1.29 is 43.3 Å².